The Morgan fingerprint density at radius 2 is 1.80 bits per heavy atom. The molecular weight excluding hydrogens is 448 g/mol. The van der Waals surface area contributed by atoms with Crippen LogP contribution in [0.25, 0.3) is 0 Å². The van der Waals surface area contributed by atoms with Crippen molar-refractivity contribution in [3.05, 3.63) is 65.7 Å². The molecule has 2 aromatic rings. The number of amides is 1. The summed E-state index contributed by atoms with van der Waals surface area (Å²) in [6.07, 6.45) is 0.255. The molecule has 0 saturated carbocycles. The Hall–Kier alpha value is -2.78. The molecule has 0 radical (unpaired) electrons. The van der Waals surface area contributed by atoms with E-state index < -0.39 is 23.9 Å². The third-order valence-corrected chi connectivity index (χ3v) is 6.69. The first-order valence-corrected chi connectivity index (χ1v) is 12.1. The van der Waals surface area contributed by atoms with Crippen LogP contribution >= 0.6 is 0 Å². The van der Waals surface area contributed by atoms with Gasteiger partial charge in [-0.15, -0.1) is 0 Å². The fourth-order valence-corrected chi connectivity index (χ4v) is 4.32. The van der Waals surface area contributed by atoms with Gasteiger partial charge in [0.15, 0.2) is 5.78 Å². The molecule has 35 heavy (non-hydrogen) atoms. The molecule has 1 amide bonds. The summed E-state index contributed by atoms with van der Waals surface area (Å²) in [5, 5.41) is 17.4. The molecular formula is C27H34N2O6. The molecule has 0 aliphatic carbocycles. The van der Waals surface area contributed by atoms with Crippen LogP contribution in [0.1, 0.15) is 24.5 Å². The van der Waals surface area contributed by atoms with Crippen LogP contribution in [0.3, 0.4) is 0 Å². The minimum absolute atomic E-state index is 0.112. The highest BCUT2D eigenvalue weighted by Gasteiger charge is 2.50. The molecule has 2 saturated heterocycles. The normalized spacial score (nSPS) is 23.8. The van der Waals surface area contributed by atoms with E-state index in [1.807, 2.05) is 54.6 Å². The number of carbonyl (C=O) groups excluding carboxylic acids is 2. The average Bonchev–Trinajstić information content (AvgIpc) is 3.39. The number of carbonyl (C=O) groups is 2. The highest BCUT2D eigenvalue weighted by molar-refractivity contribution is 5.94. The zero-order chi connectivity index (χ0) is 24.8. The lowest BCUT2D eigenvalue weighted by Gasteiger charge is -2.30. The van der Waals surface area contributed by atoms with Gasteiger partial charge in [-0.1, -0.05) is 42.5 Å². The van der Waals surface area contributed by atoms with Gasteiger partial charge in [0, 0.05) is 6.61 Å². The van der Waals surface area contributed by atoms with Crippen molar-refractivity contribution in [2.45, 2.75) is 50.1 Å². The number of aliphatic hydroxyl groups excluding tert-OH is 1. The van der Waals surface area contributed by atoms with Crippen molar-refractivity contribution in [1.82, 2.24) is 10.6 Å². The minimum atomic E-state index is -1.16. The Morgan fingerprint density at radius 1 is 1.11 bits per heavy atom. The van der Waals surface area contributed by atoms with Crippen LogP contribution in [0.5, 0.6) is 5.75 Å². The van der Waals surface area contributed by atoms with E-state index in [1.54, 1.807) is 14.0 Å². The van der Waals surface area contributed by atoms with Gasteiger partial charge < -0.3 is 24.6 Å². The first kappa shape index (κ1) is 25.3. The van der Waals surface area contributed by atoms with Gasteiger partial charge in [0.05, 0.1) is 38.3 Å². The number of rotatable bonds is 12. The molecule has 0 spiro atoms. The van der Waals surface area contributed by atoms with Crippen molar-refractivity contribution in [3.8, 4) is 5.75 Å². The monoisotopic (exact) mass is 482 g/mol. The Balaban J connectivity index is 1.51. The van der Waals surface area contributed by atoms with Crippen molar-refractivity contribution in [3.63, 3.8) is 0 Å². The molecule has 0 aromatic heterocycles. The fourth-order valence-electron chi connectivity index (χ4n) is 4.32. The van der Waals surface area contributed by atoms with E-state index in [2.05, 4.69) is 10.6 Å². The van der Waals surface area contributed by atoms with Gasteiger partial charge in [-0.05, 0) is 49.4 Å². The summed E-state index contributed by atoms with van der Waals surface area (Å²) >= 11 is 0. The van der Waals surface area contributed by atoms with Gasteiger partial charge in [0.25, 0.3) is 0 Å². The summed E-state index contributed by atoms with van der Waals surface area (Å²) in [7, 11) is 1.60. The van der Waals surface area contributed by atoms with E-state index >= 15 is 0 Å². The number of Topliss-reactive ketones (excluding diaryl/α,β-unsaturated/α-hetero) is 1. The topological polar surface area (TPSA) is 109 Å². The SMILES string of the molecule is COc1ccc(CC(NC(=O)[C@@H]2CCOC2)C(O)N[C@H](Cc2ccccc2)C(=O)[C@]2(C)CO2)cc1. The van der Waals surface area contributed by atoms with Gasteiger partial charge >= 0.3 is 0 Å². The smallest absolute Gasteiger partial charge is 0.225 e. The maximum atomic E-state index is 13.2. The minimum Gasteiger partial charge on any atom is -0.497 e. The molecule has 188 valence electrons. The molecule has 0 bridgehead atoms. The lowest BCUT2D eigenvalue weighted by atomic mass is 9.94. The lowest BCUT2D eigenvalue weighted by molar-refractivity contribution is -0.127. The van der Waals surface area contributed by atoms with E-state index in [4.69, 9.17) is 14.2 Å². The summed E-state index contributed by atoms with van der Waals surface area (Å²) < 4.78 is 16.0. The summed E-state index contributed by atoms with van der Waals surface area (Å²) in [6.45, 7) is 3.05. The van der Waals surface area contributed by atoms with E-state index in [0.29, 0.717) is 39.1 Å². The third-order valence-electron chi connectivity index (χ3n) is 6.69. The van der Waals surface area contributed by atoms with Gasteiger partial charge in [-0.25, -0.2) is 0 Å². The second kappa shape index (κ2) is 11.3. The molecule has 2 heterocycles. The Bertz CT molecular complexity index is 986. The number of nitrogens with one attached hydrogen (secondary N) is 2. The highest BCUT2D eigenvalue weighted by Crippen LogP contribution is 2.29. The van der Waals surface area contributed by atoms with Gasteiger partial charge in [-0.2, -0.15) is 0 Å². The fraction of sp³-hybridized carbons (Fsp3) is 0.481. The van der Waals surface area contributed by atoms with Crippen molar-refractivity contribution < 1.29 is 28.9 Å². The number of hydrogen-bond donors (Lipinski definition) is 3. The Morgan fingerprint density at radius 3 is 2.40 bits per heavy atom. The quantitative estimate of drug-likeness (QED) is 0.312. The van der Waals surface area contributed by atoms with Crippen LogP contribution in [-0.4, -0.2) is 67.6 Å². The summed E-state index contributed by atoms with van der Waals surface area (Å²) in [6, 6.07) is 15.8. The first-order valence-electron chi connectivity index (χ1n) is 12.1. The lowest BCUT2D eigenvalue weighted by Crippen LogP contribution is -2.58. The number of methoxy groups -OCH3 is 1. The molecule has 3 N–H and O–H groups in total. The third kappa shape index (κ3) is 6.67. The van der Waals surface area contributed by atoms with Gasteiger partial charge in [0.1, 0.15) is 17.6 Å². The molecule has 8 heteroatoms. The number of ether oxygens (including phenoxy) is 3. The van der Waals surface area contributed by atoms with Crippen LogP contribution in [-0.2, 0) is 31.9 Å². The van der Waals surface area contributed by atoms with E-state index in [-0.39, 0.29) is 17.6 Å². The Kier molecular flexibility index (Phi) is 8.18. The van der Waals surface area contributed by atoms with Crippen LogP contribution < -0.4 is 15.4 Å². The number of aliphatic hydroxyl groups is 1. The standard InChI is InChI=1S/C27H34N2O6/c1-27(17-35-27)24(30)22(14-18-6-4-3-5-7-18)28-26(32)23(29-25(31)20-12-13-34-16-20)15-19-8-10-21(33-2)11-9-19/h3-11,20,22-23,26,28,32H,12-17H2,1-2H3,(H,29,31)/t20-,22-,23?,26?,27+/m1/s1. The molecule has 2 aromatic carbocycles. The van der Waals surface area contributed by atoms with Crippen LogP contribution in [0.2, 0.25) is 0 Å². The van der Waals surface area contributed by atoms with E-state index in [9.17, 15) is 14.7 Å². The zero-order valence-corrected chi connectivity index (χ0v) is 20.2. The molecule has 2 aliphatic rings. The predicted octanol–water partition coefficient (Wildman–Crippen LogP) is 1.64. The second-order valence-electron chi connectivity index (χ2n) is 9.47. The molecule has 8 nitrogen and oxygen atoms in total. The van der Waals surface area contributed by atoms with Crippen molar-refractivity contribution in [1.29, 1.82) is 0 Å². The highest BCUT2D eigenvalue weighted by atomic mass is 16.6. The van der Waals surface area contributed by atoms with Gasteiger partial charge in [0.2, 0.25) is 5.91 Å². The van der Waals surface area contributed by atoms with Gasteiger partial charge in [-0.3, -0.25) is 14.9 Å². The van der Waals surface area contributed by atoms with Crippen LogP contribution in [0.15, 0.2) is 54.6 Å². The van der Waals surface area contributed by atoms with Crippen molar-refractivity contribution in [2.24, 2.45) is 5.92 Å². The molecule has 2 aliphatic heterocycles. The Labute approximate surface area is 206 Å². The summed E-state index contributed by atoms with van der Waals surface area (Å²) in [5.74, 6) is 0.202. The predicted molar refractivity (Wildman–Crippen MR) is 130 cm³/mol. The van der Waals surface area contributed by atoms with Crippen LogP contribution in [0.4, 0.5) is 0 Å². The second-order valence-corrected chi connectivity index (χ2v) is 9.47. The van der Waals surface area contributed by atoms with E-state index in [1.165, 1.54) is 0 Å². The number of ketones is 1. The largest absolute Gasteiger partial charge is 0.497 e. The van der Waals surface area contributed by atoms with Crippen LogP contribution in [0, 0.1) is 5.92 Å². The maximum Gasteiger partial charge on any atom is 0.225 e. The van der Waals surface area contributed by atoms with E-state index in [0.717, 1.165) is 16.9 Å². The first-order chi connectivity index (χ1) is 16.9. The average molecular weight is 483 g/mol. The number of hydrogen-bond acceptors (Lipinski definition) is 7. The number of epoxide rings is 1. The zero-order valence-electron chi connectivity index (χ0n) is 20.2. The maximum absolute atomic E-state index is 13.2. The van der Waals surface area contributed by atoms with Crippen molar-refractivity contribution in [2.75, 3.05) is 26.9 Å². The molecule has 5 atom stereocenters. The summed E-state index contributed by atoms with van der Waals surface area (Å²) in [5.41, 5.74) is 1.04. The molecule has 4 rings (SSSR count). The summed E-state index contributed by atoms with van der Waals surface area (Å²) in [4.78, 5) is 26.1. The van der Waals surface area contributed by atoms with Crippen molar-refractivity contribution >= 4 is 11.7 Å². The molecule has 2 fully saturated rings. The molecule has 2 unspecified atom stereocenters. The number of benzene rings is 2.